The topological polar surface area (TPSA) is 41.4 Å². The van der Waals surface area contributed by atoms with Crippen molar-refractivity contribution in [1.29, 1.82) is 0 Å². The van der Waals surface area contributed by atoms with Crippen molar-refractivity contribution in [1.82, 2.24) is 15.2 Å². The van der Waals surface area contributed by atoms with E-state index in [0.717, 1.165) is 25.6 Å². The van der Waals surface area contributed by atoms with Gasteiger partial charge < -0.3 is 15.2 Å². The Hall–Kier alpha value is -2.23. The third-order valence-corrected chi connectivity index (χ3v) is 4.34. The molecule has 1 heterocycles. The van der Waals surface area contributed by atoms with E-state index in [-0.39, 0.29) is 0 Å². The second kappa shape index (κ2) is 7.36. The normalized spacial score (nSPS) is 20.3. The first-order chi connectivity index (χ1) is 11.3. The number of guanidine groups is 1. The highest BCUT2D eigenvalue weighted by molar-refractivity contribution is 5.80. The standard InChI is InChI=1S/C19H26N4/c1-3-20-19(21-10-13-23-11-6-7-12-23)22-18-14-17(18)16-9-5-4-8-15(16)2/h4-9,11-12,17-18H,3,10,13-14H2,1-2H3,(H2,20,21,22). The van der Waals surface area contributed by atoms with Gasteiger partial charge in [-0.25, -0.2) is 0 Å². The Morgan fingerprint density at radius 3 is 2.74 bits per heavy atom. The Labute approximate surface area is 138 Å². The lowest BCUT2D eigenvalue weighted by atomic mass is 10.0. The van der Waals surface area contributed by atoms with E-state index in [1.807, 2.05) is 12.1 Å². The number of aryl methyl sites for hydroxylation is 1. The summed E-state index contributed by atoms with van der Waals surface area (Å²) in [7, 11) is 0. The zero-order chi connectivity index (χ0) is 16.1. The highest BCUT2D eigenvalue weighted by Crippen LogP contribution is 2.41. The van der Waals surface area contributed by atoms with Gasteiger partial charge in [0.05, 0.1) is 6.54 Å². The van der Waals surface area contributed by atoms with Gasteiger partial charge in [-0.05, 0) is 43.5 Å². The zero-order valence-corrected chi connectivity index (χ0v) is 14.0. The van der Waals surface area contributed by atoms with Crippen molar-refractivity contribution < 1.29 is 0 Å². The van der Waals surface area contributed by atoms with Crippen LogP contribution in [-0.2, 0) is 6.54 Å². The molecule has 0 bridgehead atoms. The summed E-state index contributed by atoms with van der Waals surface area (Å²) >= 11 is 0. The van der Waals surface area contributed by atoms with Crippen LogP contribution in [-0.4, -0.2) is 29.7 Å². The molecule has 1 saturated carbocycles. The predicted molar refractivity (Wildman–Crippen MR) is 95.9 cm³/mol. The van der Waals surface area contributed by atoms with Crippen molar-refractivity contribution in [2.45, 2.75) is 38.8 Å². The number of benzene rings is 1. The Balaban J connectivity index is 1.55. The lowest BCUT2D eigenvalue weighted by Crippen LogP contribution is -2.39. The van der Waals surface area contributed by atoms with Crippen molar-refractivity contribution >= 4 is 5.96 Å². The minimum atomic E-state index is 0.500. The van der Waals surface area contributed by atoms with Crippen LogP contribution in [0, 0.1) is 6.92 Å². The molecule has 2 unspecified atom stereocenters. The van der Waals surface area contributed by atoms with E-state index in [1.165, 1.54) is 17.5 Å². The van der Waals surface area contributed by atoms with Crippen LogP contribution in [0.1, 0.15) is 30.4 Å². The van der Waals surface area contributed by atoms with E-state index >= 15 is 0 Å². The van der Waals surface area contributed by atoms with Crippen LogP contribution in [0.3, 0.4) is 0 Å². The largest absolute Gasteiger partial charge is 0.357 e. The molecule has 2 aromatic rings. The number of aromatic nitrogens is 1. The molecule has 0 aliphatic heterocycles. The van der Waals surface area contributed by atoms with Gasteiger partial charge in [0.15, 0.2) is 5.96 Å². The van der Waals surface area contributed by atoms with E-state index in [4.69, 9.17) is 4.99 Å². The van der Waals surface area contributed by atoms with Gasteiger partial charge in [0.1, 0.15) is 0 Å². The fourth-order valence-corrected chi connectivity index (χ4v) is 2.99. The van der Waals surface area contributed by atoms with Gasteiger partial charge in [-0.15, -0.1) is 0 Å². The molecular weight excluding hydrogens is 284 g/mol. The Morgan fingerprint density at radius 1 is 1.22 bits per heavy atom. The molecular formula is C19H26N4. The van der Waals surface area contributed by atoms with Crippen molar-refractivity contribution in [2.24, 2.45) is 4.99 Å². The molecule has 1 aliphatic rings. The summed E-state index contributed by atoms with van der Waals surface area (Å²) in [6.45, 7) is 6.88. The summed E-state index contributed by atoms with van der Waals surface area (Å²) in [5.41, 5.74) is 2.85. The maximum absolute atomic E-state index is 4.69. The van der Waals surface area contributed by atoms with Crippen LogP contribution >= 0.6 is 0 Å². The summed E-state index contributed by atoms with van der Waals surface area (Å²) in [6, 6.07) is 13.3. The molecule has 1 aromatic heterocycles. The van der Waals surface area contributed by atoms with Crippen molar-refractivity contribution in [2.75, 3.05) is 13.1 Å². The Kier molecular flexibility index (Phi) is 5.01. The lowest BCUT2D eigenvalue weighted by molar-refractivity contribution is 0.702. The summed E-state index contributed by atoms with van der Waals surface area (Å²) in [4.78, 5) is 4.69. The van der Waals surface area contributed by atoms with Crippen LogP contribution in [0.25, 0.3) is 0 Å². The molecule has 0 amide bonds. The number of aliphatic imine (C=N–C) groups is 1. The summed E-state index contributed by atoms with van der Waals surface area (Å²) in [5, 5.41) is 6.93. The molecule has 1 fully saturated rings. The average Bonchev–Trinajstić information content (AvgIpc) is 3.09. The van der Waals surface area contributed by atoms with E-state index in [1.54, 1.807) is 0 Å². The molecule has 0 saturated heterocycles. The maximum atomic E-state index is 4.69. The molecule has 4 nitrogen and oxygen atoms in total. The predicted octanol–water partition coefficient (Wildman–Crippen LogP) is 2.91. The molecule has 122 valence electrons. The molecule has 23 heavy (non-hydrogen) atoms. The number of rotatable bonds is 6. The number of hydrogen-bond donors (Lipinski definition) is 2. The Morgan fingerprint density at radius 2 is 2.00 bits per heavy atom. The molecule has 1 aromatic carbocycles. The second-order valence-corrected chi connectivity index (χ2v) is 6.13. The van der Waals surface area contributed by atoms with Gasteiger partial charge in [-0.3, -0.25) is 4.99 Å². The van der Waals surface area contributed by atoms with Gasteiger partial charge in [-0.2, -0.15) is 0 Å². The van der Waals surface area contributed by atoms with E-state index in [9.17, 15) is 0 Å². The maximum Gasteiger partial charge on any atom is 0.191 e. The highest BCUT2D eigenvalue weighted by atomic mass is 15.2. The minimum absolute atomic E-state index is 0.500. The first-order valence-corrected chi connectivity index (χ1v) is 8.49. The van der Waals surface area contributed by atoms with Gasteiger partial charge in [0.25, 0.3) is 0 Å². The van der Waals surface area contributed by atoms with Crippen LogP contribution in [0.2, 0.25) is 0 Å². The van der Waals surface area contributed by atoms with Crippen LogP contribution in [0.5, 0.6) is 0 Å². The van der Waals surface area contributed by atoms with Crippen molar-refractivity contribution in [3.63, 3.8) is 0 Å². The summed E-state index contributed by atoms with van der Waals surface area (Å²) in [5.74, 6) is 1.55. The third-order valence-electron chi connectivity index (χ3n) is 4.34. The van der Waals surface area contributed by atoms with Gasteiger partial charge in [0.2, 0.25) is 0 Å². The third kappa shape index (κ3) is 4.15. The quantitative estimate of drug-likeness (QED) is 0.636. The number of nitrogens with one attached hydrogen (secondary N) is 2. The second-order valence-electron chi connectivity index (χ2n) is 6.13. The van der Waals surface area contributed by atoms with Gasteiger partial charge in [0, 0.05) is 37.4 Å². The SMILES string of the molecule is CCNC(=NCCn1cccc1)NC1CC1c1ccccc1C. The first kappa shape index (κ1) is 15.7. The van der Waals surface area contributed by atoms with Crippen LogP contribution < -0.4 is 10.6 Å². The highest BCUT2D eigenvalue weighted by Gasteiger charge is 2.39. The van der Waals surface area contributed by atoms with E-state index in [0.29, 0.717) is 12.0 Å². The average molecular weight is 310 g/mol. The van der Waals surface area contributed by atoms with Crippen LogP contribution in [0.4, 0.5) is 0 Å². The number of nitrogens with zero attached hydrogens (tertiary/aromatic N) is 2. The monoisotopic (exact) mass is 310 g/mol. The molecule has 2 atom stereocenters. The molecule has 1 aliphatic carbocycles. The first-order valence-electron chi connectivity index (χ1n) is 8.49. The fraction of sp³-hybridized carbons (Fsp3) is 0.421. The molecule has 2 N–H and O–H groups in total. The number of hydrogen-bond acceptors (Lipinski definition) is 1. The molecule has 0 spiro atoms. The minimum Gasteiger partial charge on any atom is -0.357 e. The van der Waals surface area contributed by atoms with E-state index in [2.05, 4.69) is 65.7 Å². The zero-order valence-electron chi connectivity index (χ0n) is 14.0. The smallest absolute Gasteiger partial charge is 0.191 e. The summed E-state index contributed by atoms with van der Waals surface area (Å²) in [6.07, 6.45) is 5.34. The fourth-order valence-electron chi connectivity index (χ4n) is 2.99. The van der Waals surface area contributed by atoms with E-state index < -0.39 is 0 Å². The Bertz CT molecular complexity index is 645. The lowest BCUT2D eigenvalue weighted by Gasteiger charge is -2.12. The van der Waals surface area contributed by atoms with Crippen LogP contribution in [0.15, 0.2) is 53.8 Å². The summed E-state index contributed by atoms with van der Waals surface area (Å²) < 4.78 is 2.15. The molecule has 3 rings (SSSR count). The van der Waals surface area contributed by atoms with Gasteiger partial charge in [-0.1, -0.05) is 24.3 Å². The van der Waals surface area contributed by atoms with Crippen molar-refractivity contribution in [3.8, 4) is 0 Å². The van der Waals surface area contributed by atoms with Crippen molar-refractivity contribution in [3.05, 3.63) is 59.9 Å². The van der Waals surface area contributed by atoms with Gasteiger partial charge >= 0.3 is 0 Å². The molecule has 4 heteroatoms. The molecule has 0 radical (unpaired) electrons.